The molecule has 0 fully saturated rings. The molecule has 16 heavy (non-hydrogen) atoms. The Labute approximate surface area is 93.2 Å². The summed E-state index contributed by atoms with van der Waals surface area (Å²) < 4.78 is 0. The van der Waals surface area contributed by atoms with Gasteiger partial charge >= 0.3 is 0 Å². The van der Waals surface area contributed by atoms with Gasteiger partial charge in [-0.1, -0.05) is 0 Å². The third-order valence-corrected chi connectivity index (χ3v) is 2.01. The Kier molecular flexibility index (Phi) is 3.40. The van der Waals surface area contributed by atoms with Crippen LogP contribution in [-0.4, -0.2) is 33.2 Å². The first-order chi connectivity index (χ1) is 7.90. The first kappa shape index (κ1) is 10.5. The predicted molar refractivity (Wildman–Crippen MR) is 60.8 cm³/mol. The molecule has 0 aliphatic carbocycles. The molecule has 2 N–H and O–H groups in total. The molecule has 0 bridgehead atoms. The van der Waals surface area contributed by atoms with Gasteiger partial charge in [0, 0.05) is 30.7 Å². The van der Waals surface area contributed by atoms with Gasteiger partial charge in [-0.2, -0.15) is 0 Å². The lowest BCUT2D eigenvalue weighted by atomic mass is 10.2. The summed E-state index contributed by atoms with van der Waals surface area (Å²) in [4.78, 5) is 12.4. The molecule has 5 nitrogen and oxygen atoms in total. The Morgan fingerprint density at radius 3 is 2.94 bits per heavy atom. The topological polar surface area (TPSA) is 70.9 Å². The molecule has 0 unspecified atom stereocenters. The van der Waals surface area contributed by atoms with E-state index in [1.165, 1.54) is 0 Å². The van der Waals surface area contributed by atoms with E-state index in [4.69, 9.17) is 5.11 Å². The molecule has 0 aliphatic heterocycles. The molecule has 0 spiro atoms. The minimum Gasteiger partial charge on any atom is -0.395 e. The summed E-state index contributed by atoms with van der Waals surface area (Å²) in [5.41, 5.74) is 1.75. The SMILES string of the molecule is OCCNc1nccc(-c2cccnc2)n1. The van der Waals surface area contributed by atoms with Crippen LogP contribution in [0.2, 0.25) is 0 Å². The van der Waals surface area contributed by atoms with Crippen molar-refractivity contribution >= 4 is 5.95 Å². The number of nitrogens with zero attached hydrogens (tertiary/aromatic N) is 3. The van der Waals surface area contributed by atoms with Crippen LogP contribution in [0.15, 0.2) is 36.8 Å². The van der Waals surface area contributed by atoms with Gasteiger partial charge in [-0.05, 0) is 18.2 Å². The molecule has 82 valence electrons. The van der Waals surface area contributed by atoms with Gasteiger partial charge in [0.15, 0.2) is 0 Å². The summed E-state index contributed by atoms with van der Waals surface area (Å²) in [6, 6.07) is 5.62. The molecular formula is C11H12N4O. The van der Waals surface area contributed by atoms with Crippen LogP contribution in [-0.2, 0) is 0 Å². The molecule has 0 aromatic carbocycles. The van der Waals surface area contributed by atoms with Crippen LogP contribution in [0.4, 0.5) is 5.95 Å². The normalized spacial score (nSPS) is 10.1. The van der Waals surface area contributed by atoms with E-state index in [2.05, 4.69) is 20.3 Å². The zero-order chi connectivity index (χ0) is 11.2. The van der Waals surface area contributed by atoms with Crippen molar-refractivity contribution in [2.45, 2.75) is 0 Å². The lowest BCUT2D eigenvalue weighted by molar-refractivity contribution is 0.311. The monoisotopic (exact) mass is 216 g/mol. The van der Waals surface area contributed by atoms with E-state index < -0.39 is 0 Å². The number of anilines is 1. The van der Waals surface area contributed by atoms with Crippen LogP contribution in [0, 0.1) is 0 Å². The number of hydrogen-bond donors (Lipinski definition) is 2. The van der Waals surface area contributed by atoms with E-state index in [9.17, 15) is 0 Å². The Hall–Kier alpha value is -2.01. The maximum atomic E-state index is 8.69. The first-order valence-electron chi connectivity index (χ1n) is 4.98. The Morgan fingerprint density at radius 1 is 1.25 bits per heavy atom. The van der Waals surface area contributed by atoms with Crippen molar-refractivity contribution in [2.24, 2.45) is 0 Å². The number of rotatable bonds is 4. The summed E-state index contributed by atoms with van der Waals surface area (Å²) in [7, 11) is 0. The van der Waals surface area contributed by atoms with Crippen LogP contribution in [0.3, 0.4) is 0 Å². The number of hydrogen-bond acceptors (Lipinski definition) is 5. The van der Waals surface area contributed by atoms with Gasteiger partial charge in [0.2, 0.25) is 5.95 Å². The van der Waals surface area contributed by atoms with Gasteiger partial charge in [-0.25, -0.2) is 9.97 Å². The fourth-order valence-electron chi connectivity index (χ4n) is 1.29. The summed E-state index contributed by atoms with van der Waals surface area (Å²) in [5, 5.41) is 11.6. The van der Waals surface area contributed by atoms with Crippen molar-refractivity contribution in [3.8, 4) is 11.3 Å². The van der Waals surface area contributed by atoms with Crippen LogP contribution < -0.4 is 5.32 Å². The van der Waals surface area contributed by atoms with E-state index in [-0.39, 0.29) is 6.61 Å². The third kappa shape index (κ3) is 2.52. The molecule has 0 saturated heterocycles. The van der Waals surface area contributed by atoms with Crippen LogP contribution in [0.25, 0.3) is 11.3 Å². The standard InChI is InChI=1S/C11H12N4O/c16-7-6-14-11-13-5-3-10(15-11)9-2-1-4-12-8-9/h1-5,8,16H,6-7H2,(H,13,14,15). The second-order valence-electron chi connectivity index (χ2n) is 3.16. The quantitative estimate of drug-likeness (QED) is 0.796. The van der Waals surface area contributed by atoms with E-state index in [1.54, 1.807) is 18.6 Å². The first-order valence-corrected chi connectivity index (χ1v) is 4.98. The van der Waals surface area contributed by atoms with Crippen molar-refractivity contribution in [1.82, 2.24) is 15.0 Å². The highest BCUT2D eigenvalue weighted by atomic mass is 16.3. The van der Waals surface area contributed by atoms with E-state index in [0.29, 0.717) is 12.5 Å². The number of pyridine rings is 1. The molecule has 2 aromatic rings. The number of aliphatic hydroxyl groups excluding tert-OH is 1. The molecule has 2 heterocycles. The maximum absolute atomic E-state index is 8.69. The molecule has 0 aliphatic rings. The van der Waals surface area contributed by atoms with Gasteiger partial charge in [-0.15, -0.1) is 0 Å². The van der Waals surface area contributed by atoms with Gasteiger partial charge < -0.3 is 10.4 Å². The summed E-state index contributed by atoms with van der Waals surface area (Å²) in [6.07, 6.45) is 5.14. The van der Waals surface area contributed by atoms with Crippen molar-refractivity contribution < 1.29 is 5.11 Å². The zero-order valence-corrected chi connectivity index (χ0v) is 8.67. The average Bonchev–Trinajstić information content (AvgIpc) is 2.38. The van der Waals surface area contributed by atoms with Gasteiger partial charge in [0.05, 0.1) is 12.3 Å². The molecule has 0 radical (unpaired) electrons. The predicted octanol–water partition coefficient (Wildman–Crippen LogP) is 0.943. The average molecular weight is 216 g/mol. The molecule has 0 saturated carbocycles. The van der Waals surface area contributed by atoms with Crippen LogP contribution in [0.1, 0.15) is 0 Å². The summed E-state index contributed by atoms with van der Waals surface area (Å²) >= 11 is 0. The summed E-state index contributed by atoms with van der Waals surface area (Å²) in [6.45, 7) is 0.497. The lowest BCUT2D eigenvalue weighted by Gasteiger charge is -2.04. The second kappa shape index (κ2) is 5.18. The van der Waals surface area contributed by atoms with Gasteiger partial charge in [-0.3, -0.25) is 4.98 Å². The van der Waals surface area contributed by atoms with Crippen molar-refractivity contribution in [3.63, 3.8) is 0 Å². The van der Waals surface area contributed by atoms with Crippen molar-refractivity contribution in [1.29, 1.82) is 0 Å². The van der Waals surface area contributed by atoms with Crippen molar-refractivity contribution in [3.05, 3.63) is 36.8 Å². The second-order valence-corrected chi connectivity index (χ2v) is 3.16. The fourth-order valence-corrected chi connectivity index (χ4v) is 1.29. The molecule has 2 aromatic heterocycles. The largest absolute Gasteiger partial charge is 0.395 e. The van der Waals surface area contributed by atoms with Gasteiger partial charge in [0.25, 0.3) is 0 Å². The molecule has 0 amide bonds. The zero-order valence-electron chi connectivity index (χ0n) is 8.67. The molecule has 0 atom stereocenters. The minimum atomic E-state index is 0.0560. The van der Waals surface area contributed by atoms with Crippen molar-refractivity contribution in [2.75, 3.05) is 18.5 Å². The molecule has 2 rings (SSSR count). The van der Waals surface area contributed by atoms with Gasteiger partial charge in [0.1, 0.15) is 0 Å². The number of nitrogens with one attached hydrogen (secondary N) is 1. The lowest BCUT2D eigenvalue weighted by Crippen LogP contribution is -2.08. The molecule has 5 heteroatoms. The Bertz CT molecular complexity index is 447. The number of aliphatic hydroxyl groups is 1. The fraction of sp³-hybridized carbons (Fsp3) is 0.182. The molecular weight excluding hydrogens is 204 g/mol. The summed E-state index contributed by atoms with van der Waals surface area (Å²) in [5.74, 6) is 0.510. The van der Waals surface area contributed by atoms with E-state index >= 15 is 0 Å². The van der Waals surface area contributed by atoms with Crippen LogP contribution in [0.5, 0.6) is 0 Å². The highest BCUT2D eigenvalue weighted by Crippen LogP contribution is 2.15. The Morgan fingerprint density at radius 2 is 2.19 bits per heavy atom. The highest BCUT2D eigenvalue weighted by molar-refractivity contribution is 5.58. The number of aromatic nitrogens is 3. The maximum Gasteiger partial charge on any atom is 0.223 e. The third-order valence-electron chi connectivity index (χ3n) is 2.01. The highest BCUT2D eigenvalue weighted by Gasteiger charge is 2.00. The van der Waals surface area contributed by atoms with Crippen LogP contribution >= 0.6 is 0 Å². The smallest absolute Gasteiger partial charge is 0.223 e. The van der Waals surface area contributed by atoms with E-state index in [0.717, 1.165) is 11.3 Å². The van der Waals surface area contributed by atoms with E-state index in [1.807, 2.05) is 18.2 Å². The Balaban J connectivity index is 2.22. The minimum absolute atomic E-state index is 0.0560.